The number of anilines is 1. The standard InChI is InChI=1S/C9H13N3O3/c1-6(5-13)12(2)8-4-10-7(3-11-8)9(14)15/h3-4,6,13H,5H2,1-2H3,(H,14,15)/t6-/m0/s1. The van der Waals surface area contributed by atoms with E-state index in [-0.39, 0.29) is 18.3 Å². The van der Waals surface area contributed by atoms with Crippen LogP contribution in [0.1, 0.15) is 17.4 Å². The van der Waals surface area contributed by atoms with E-state index in [1.54, 1.807) is 11.9 Å². The normalized spacial score (nSPS) is 12.2. The topological polar surface area (TPSA) is 86.5 Å². The van der Waals surface area contributed by atoms with Gasteiger partial charge in [0.15, 0.2) is 5.69 Å². The van der Waals surface area contributed by atoms with E-state index in [4.69, 9.17) is 10.2 Å². The summed E-state index contributed by atoms with van der Waals surface area (Å²) >= 11 is 0. The lowest BCUT2D eigenvalue weighted by Crippen LogP contribution is -2.32. The number of likely N-dealkylation sites (N-methyl/N-ethyl adjacent to an activating group) is 1. The van der Waals surface area contributed by atoms with Crippen molar-refractivity contribution < 1.29 is 15.0 Å². The van der Waals surface area contributed by atoms with Crippen LogP contribution in [-0.2, 0) is 0 Å². The molecule has 0 radical (unpaired) electrons. The number of hydrogen-bond donors (Lipinski definition) is 2. The maximum atomic E-state index is 10.5. The fourth-order valence-corrected chi connectivity index (χ4v) is 0.962. The highest BCUT2D eigenvalue weighted by molar-refractivity contribution is 5.84. The van der Waals surface area contributed by atoms with Gasteiger partial charge in [0.25, 0.3) is 0 Å². The zero-order valence-corrected chi connectivity index (χ0v) is 8.58. The van der Waals surface area contributed by atoms with Crippen LogP contribution >= 0.6 is 0 Å². The molecule has 1 aromatic rings. The third kappa shape index (κ3) is 2.63. The summed E-state index contributed by atoms with van der Waals surface area (Å²) < 4.78 is 0. The number of aliphatic hydroxyl groups is 1. The average molecular weight is 211 g/mol. The molecule has 0 fully saturated rings. The zero-order chi connectivity index (χ0) is 11.4. The predicted octanol–water partition coefficient (Wildman–Crippen LogP) is -0.00820. The van der Waals surface area contributed by atoms with Gasteiger partial charge in [-0.3, -0.25) is 0 Å². The highest BCUT2D eigenvalue weighted by Crippen LogP contribution is 2.09. The number of rotatable bonds is 4. The third-order valence-electron chi connectivity index (χ3n) is 2.14. The van der Waals surface area contributed by atoms with Gasteiger partial charge in [0.05, 0.1) is 25.0 Å². The lowest BCUT2D eigenvalue weighted by molar-refractivity contribution is 0.0690. The van der Waals surface area contributed by atoms with E-state index < -0.39 is 5.97 Å². The van der Waals surface area contributed by atoms with Gasteiger partial charge in [-0.2, -0.15) is 0 Å². The number of carboxylic acids is 1. The summed E-state index contributed by atoms with van der Waals surface area (Å²) in [5.41, 5.74) is -0.0937. The van der Waals surface area contributed by atoms with Gasteiger partial charge in [0.2, 0.25) is 0 Å². The highest BCUT2D eigenvalue weighted by Gasteiger charge is 2.11. The lowest BCUT2D eigenvalue weighted by atomic mass is 10.3. The molecule has 1 aromatic heterocycles. The summed E-state index contributed by atoms with van der Waals surface area (Å²) in [6.07, 6.45) is 2.56. The summed E-state index contributed by atoms with van der Waals surface area (Å²) in [4.78, 5) is 19.9. The van der Waals surface area contributed by atoms with Crippen LogP contribution in [0.15, 0.2) is 12.4 Å². The van der Waals surface area contributed by atoms with Crippen LogP contribution in [0.5, 0.6) is 0 Å². The molecule has 0 saturated carbocycles. The first-order valence-electron chi connectivity index (χ1n) is 4.45. The molecule has 82 valence electrons. The molecule has 6 heteroatoms. The second-order valence-corrected chi connectivity index (χ2v) is 3.21. The quantitative estimate of drug-likeness (QED) is 0.728. The van der Waals surface area contributed by atoms with Gasteiger partial charge in [0, 0.05) is 7.05 Å². The van der Waals surface area contributed by atoms with Gasteiger partial charge in [0.1, 0.15) is 5.82 Å². The van der Waals surface area contributed by atoms with Crippen LogP contribution in [0.4, 0.5) is 5.82 Å². The molecule has 0 bridgehead atoms. The van der Waals surface area contributed by atoms with Crippen molar-refractivity contribution in [1.82, 2.24) is 9.97 Å². The molecule has 6 nitrogen and oxygen atoms in total. The first-order chi connectivity index (χ1) is 7.06. The van der Waals surface area contributed by atoms with Gasteiger partial charge in [-0.05, 0) is 6.92 Å². The van der Waals surface area contributed by atoms with Gasteiger partial charge >= 0.3 is 5.97 Å². The molecule has 1 atom stereocenters. The van der Waals surface area contributed by atoms with Gasteiger partial charge < -0.3 is 15.1 Å². The number of carbonyl (C=O) groups is 1. The van der Waals surface area contributed by atoms with E-state index in [1.807, 2.05) is 6.92 Å². The number of nitrogens with zero attached hydrogens (tertiary/aromatic N) is 3. The molecule has 0 aromatic carbocycles. The fraction of sp³-hybridized carbons (Fsp3) is 0.444. The van der Waals surface area contributed by atoms with Crippen molar-refractivity contribution in [3.63, 3.8) is 0 Å². The number of aromatic carboxylic acids is 1. The molecule has 1 heterocycles. The SMILES string of the molecule is C[C@@H](CO)N(C)c1cnc(C(=O)O)cn1. The number of hydrogen-bond acceptors (Lipinski definition) is 5. The summed E-state index contributed by atoms with van der Waals surface area (Å²) in [5, 5.41) is 17.5. The Morgan fingerprint density at radius 3 is 2.60 bits per heavy atom. The van der Waals surface area contributed by atoms with Crippen LogP contribution in [0.25, 0.3) is 0 Å². The zero-order valence-electron chi connectivity index (χ0n) is 8.58. The lowest BCUT2D eigenvalue weighted by Gasteiger charge is -2.23. The Morgan fingerprint density at radius 1 is 1.53 bits per heavy atom. The molecule has 2 N–H and O–H groups in total. The Hall–Kier alpha value is -1.69. The van der Waals surface area contributed by atoms with Gasteiger partial charge in [-0.15, -0.1) is 0 Å². The molecule has 0 aliphatic rings. The van der Waals surface area contributed by atoms with Crippen LogP contribution < -0.4 is 4.90 Å². The molecule has 0 saturated heterocycles. The summed E-state index contributed by atoms with van der Waals surface area (Å²) in [6.45, 7) is 1.83. The smallest absolute Gasteiger partial charge is 0.356 e. The number of aliphatic hydroxyl groups excluding tert-OH is 1. The summed E-state index contributed by atoms with van der Waals surface area (Å²) in [6, 6.07) is -0.0880. The summed E-state index contributed by atoms with van der Waals surface area (Å²) in [7, 11) is 1.76. The fourth-order valence-electron chi connectivity index (χ4n) is 0.962. The van der Waals surface area contributed by atoms with Crippen molar-refractivity contribution >= 4 is 11.8 Å². The van der Waals surface area contributed by atoms with E-state index in [0.717, 1.165) is 0 Å². The Morgan fingerprint density at radius 2 is 2.20 bits per heavy atom. The minimum Gasteiger partial charge on any atom is -0.476 e. The molecule has 0 aliphatic heterocycles. The van der Waals surface area contributed by atoms with Crippen molar-refractivity contribution in [1.29, 1.82) is 0 Å². The minimum atomic E-state index is -1.10. The molecule has 0 unspecified atom stereocenters. The van der Waals surface area contributed by atoms with Crippen molar-refractivity contribution in [2.24, 2.45) is 0 Å². The molecule has 0 amide bonds. The van der Waals surface area contributed by atoms with Crippen molar-refractivity contribution in [2.45, 2.75) is 13.0 Å². The molecule has 15 heavy (non-hydrogen) atoms. The molecule has 0 spiro atoms. The molecular formula is C9H13N3O3. The average Bonchev–Trinajstić information content (AvgIpc) is 2.27. The van der Waals surface area contributed by atoms with Crippen molar-refractivity contribution in [3.05, 3.63) is 18.1 Å². The highest BCUT2D eigenvalue weighted by atomic mass is 16.4. The van der Waals surface area contributed by atoms with Crippen molar-refractivity contribution in [3.8, 4) is 0 Å². The monoisotopic (exact) mass is 211 g/mol. The van der Waals surface area contributed by atoms with E-state index in [2.05, 4.69) is 9.97 Å². The van der Waals surface area contributed by atoms with Crippen LogP contribution in [0.2, 0.25) is 0 Å². The molecule has 0 aliphatic carbocycles. The Balaban J connectivity index is 2.84. The predicted molar refractivity (Wildman–Crippen MR) is 53.9 cm³/mol. The largest absolute Gasteiger partial charge is 0.476 e. The second kappa shape index (κ2) is 4.70. The first-order valence-corrected chi connectivity index (χ1v) is 4.45. The van der Waals surface area contributed by atoms with Crippen LogP contribution in [0.3, 0.4) is 0 Å². The number of aromatic nitrogens is 2. The van der Waals surface area contributed by atoms with Gasteiger partial charge in [-0.25, -0.2) is 14.8 Å². The van der Waals surface area contributed by atoms with Crippen LogP contribution in [-0.4, -0.2) is 45.8 Å². The second-order valence-electron chi connectivity index (χ2n) is 3.21. The van der Waals surface area contributed by atoms with E-state index >= 15 is 0 Å². The van der Waals surface area contributed by atoms with E-state index in [0.29, 0.717) is 5.82 Å². The third-order valence-corrected chi connectivity index (χ3v) is 2.14. The summed E-state index contributed by atoms with van der Waals surface area (Å²) in [5.74, 6) is -0.576. The first kappa shape index (κ1) is 11.4. The van der Waals surface area contributed by atoms with E-state index in [1.165, 1.54) is 12.4 Å². The molecule has 1 rings (SSSR count). The maximum absolute atomic E-state index is 10.5. The minimum absolute atomic E-state index is 0.00113. The number of carboxylic acid groups (broad SMARTS) is 1. The van der Waals surface area contributed by atoms with Crippen LogP contribution in [0, 0.1) is 0 Å². The Labute approximate surface area is 87.2 Å². The Kier molecular flexibility index (Phi) is 3.56. The van der Waals surface area contributed by atoms with E-state index in [9.17, 15) is 4.79 Å². The Bertz CT molecular complexity index is 339. The van der Waals surface area contributed by atoms with Gasteiger partial charge in [-0.1, -0.05) is 0 Å². The molecular weight excluding hydrogens is 198 g/mol. The van der Waals surface area contributed by atoms with Crippen molar-refractivity contribution in [2.75, 3.05) is 18.6 Å². The maximum Gasteiger partial charge on any atom is 0.356 e.